The Bertz CT molecular complexity index is 1210. The van der Waals surface area contributed by atoms with Gasteiger partial charge in [0.15, 0.2) is 5.65 Å². The number of rotatable bonds is 6. The van der Waals surface area contributed by atoms with Crippen LogP contribution in [0.3, 0.4) is 0 Å². The van der Waals surface area contributed by atoms with Crippen LogP contribution in [0.5, 0.6) is 0 Å². The van der Waals surface area contributed by atoms with E-state index in [9.17, 15) is 4.79 Å². The van der Waals surface area contributed by atoms with Gasteiger partial charge in [-0.2, -0.15) is 5.10 Å². The van der Waals surface area contributed by atoms with E-state index in [1.165, 1.54) is 5.56 Å². The van der Waals surface area contributed by atoms with E-state index < -0.39 is 0 Å². The normalized spacial score (nSPS) is 12.6. The molecule has 4 aromatic rings. The highest BCUT2D eigenvalue weighted by molar-refractivity contribution is 6.00. The molecule has 0 saturated heterocycles. The van der Waals surface area contributed by atoms with Gasteiger partial charge in [0, 0.05) is 29.3 Å². The second-order valence-electron chi connectivity index (χ2n) is 9.33. The number of hydrogen-bond donors (Lipinski definition) is 1. The van der Waals surface area contributed by atoms with Gasteiger partial charge in [0.25, 0.3) is 5.91 Å². The number of hydrogen-bond acceptors (Lipinski definition) is 3. The number of nitrogens with one attached hydrogen (secondary N) is 1. The van der Waals surface area contributed by atoms with Crippen molar-refractivity contribution < 1.29 is 4.79 Å². The van der Waals surface area contributed by atoms with Gasteiger partial charge in [0.2, 0.25) is 0 Å². The van der Waals surface area contributed by atoms with Crippen LogP contribution >= 0.6 is 0 Å². The molecule has 1 unspecified atom stereocenters. The predicted octanol–water partition coefficient (Wildman–Crippen LogP) is 5.44. The molecule has 5 nitrogen and oxygen atoms in total. The van der Waals surface area contributed by atoms with Crippen molar-refractivity contribution in [3.05, 3.63) is 89.7 Å². The van der Waals surface area contributed by atoms with Gasteiger partial charge in [-0.1, -0.05) is 81.4 Å². The van der Waals surface area contributed by atoms with Crippen LogP contribution < -0.4 is 5.32 Å². The molecule has 1 atom stereocenters. The zero-order chi connectivity index (χ0) is 22.7. The summed E-state index contributed by atoms with van der Waals surface area (Å²) in [4.78, 5) is 17.9. The molecule has 164 valence electrons. The van der Waals surface area contributed by atoms with Crippen molar-refractivity contribution in [3.63, 3.8) is 0 Å². The first-order chi connectivity index (χ1) is 15.3. The molecule has 32 heavy (non-hydrogen) atoms. The second kappa shape index (κ2) is 8.95. The number of aryl methyl sites for hydroxylation is 1. The zero-order valence-electron chi connectivity index (χ0n) is 19.2. The maximum Gasteiger partial charge on any atom is 0.255 e. The number of amides is 1. The summed E-state index contributed by atoms with van der Waals surface area (Å²) in [5, 5.41) is 7.99. The van der Waals surface area contributed by atoms with E-state index in [2.05, 4.69) is 43.2 Å². The van der Waals surface area contributed by atoms with Crippen molar-refractivity contribution in [2.75, 3.05) is 0 Å². The fraction of sp³-hybridized carbons (Fsp3) is 0.296. The van der Waals surface area contributed by atoms with Crippen LogP contribution in [-0.4, -0.2) is 26.5 Å². The lowest BCUT2D eigenvalue weighted by molar-refractivity contribution is 0.0938. The van der Waals surface area contributed by atoms with Gasteiger partial charge in [-0.25, -0.2) is 9.50 Å². The van der Waals surface area contributed by atoms with Crippen LogP contribution in [0, 0.1) is 0 Å². The van der Waals surface area contributed by atoms with Crippen LogP contribution in [0.4, 0.5) is 0 Å². The molecular weight excluding hydrogens is 396 g/mol. The summed E-state index contributed by atoms with van der Waals surface area (Å²) >= 11 is 0. The molecule has 2 heterocycles. The van der Waals surface area contributed by atoms with Crippen molar-refractivity contribution in [2.24, 2.45) is 0 Å². The average Bonchev–Trinajstić information content (AvgIpc) is 3.23. The Labute approximate surface area is 189 Å². The first-order valence-corrected chi connectivity index (χ1v) is 11.1. The van der Waals surface area contributed by atoms with E-state index in [0.717, 1.165) is 35.4 Å². The van der Waals surface area contributed by atoms with E-state index in [-0.39, 0.29) is 17.4 Å². The molecular formula is C27H30N4O. The van der Waals surface area contributed by atoms with Gasteiger partial charge in [0.1, 0.15) is 0 Å². The van der Waals surface area contributed by atoms with Crippen LogP contribution in [0.15, 0.2) is 72.9 Å². The predicted molar refractivity (Wildman–Crippen MR) is 129 cm³/mol. The highest BCUT2D eigenvalue weighted by Gasteiger charge is 2.23. The van der Waals surface area contributed by atoms with E-state index in [4.69, 9.17) is 5.10 Å². The molecule has 0 radical (unpaired) electrons. The van der Waals surface area contributed by atoms with Gasteiger partial charge < -0.3 is 5.32 Å². The molecule has 0 spiro atoms. The Balaban J connectivity index is 1.66. The van der Waals surface area contributed by atoms with E-state index in [1.54, 1.807) is 10.7 Å². The largest absolute Gasteiger partial charge is 0.349 e. The van der Waals surface area contributed by atoms with Crippen molar-refractivity contribution in [1.29, 1.82) is 0 Å². The van der Waals surface area contributed by atoms with Crippen LogP contribution in [0.25, 0.3) is 16.9 Å². The fourth-order valence-electron chi connectivity index (χ4n) is 3.74. The molecule has 1 amide bonds. The third-order valence-corrected chi connectivity index (χ3v) is 5.63. The highest BCUT2D eigenvalue weighted by Crippen LogP contribution is 2.28. The summed E-state index contributed by atoms with van der Waals surface area (Å²) < 4.78 is 1.81. The minimum Gasteiger partial charge on any atom is -0.349 e. The lowest BCUT2D eigenvalue weighted by atomic mass is 9.93. The lowest BCUT2D eigenvalue weighted by Gasteiger charge is -2.17. The van der Waals surface area contributed by atoms with Crippen LogP contribution in [-0.2, 0) is 11.8 Å². The summed E-state index contributed by atoms with van der Waals surface area (Å²) in [6.07, 6.45) is 3.45. The van der Waals surface area contributed by atoms with Gasteiger partial charge in [-0.3, -0.25) is 4.79 Å². The third-order valence-electron chi connectivity index (χ3n) is 5.63. The maximum absolute atomic E-state index is 13.3. The highest BCUT2D eigenvalue weighted by atomic mass is 16.1. The topological polar surface area (TPSA) is 59.3 Å². The SMILES string of the molecule is CC(CCc1ccccc1)NC(=O)c1cnc2cc(C(C)(C)C)nn2c1-c1ccccc1. The first kappa shape index (κ1) is 21.8. The molecule has 5 heteroatoms. The summed E-state index contributed by atoms with van der Waals surface area (Å²) in [6.45, 7) is 8.41. The Morgan fingerprint density at radius 3 is 2.34 bits per heavy atom. The number of carbonyl (C=O) groups is 1. The number of benzene rings is 2. The summed E-state index contributed by atoms with van der Waals surface area (Å²) in [5.74, 6) is -0.133. The van der Waals surface area contributed by atoms with Crippen molar-refractivity contribution in [3.8, 4) is 11.3 Å². The molecule has 2 aromatic carbocycles. The zero-order valence-corrected chi connectivity index (χ0v) is 19.2. The monoisotopic (exact) mass is 426 g/mol. The second-order valence-corrected chi connectivity index (χ2v) is 9.33. The number of fused-ring (bicyclic) bond motifs is 1. The minimum atomic E-state index is -0.133. The molecule has 0 bridgehead atoms. The number of nitrogens with zero attached hydrogens (tertiary/aromatic N) is 3. The quantitative estimate of drug-likeness (QED) is 0.446. The van der Waals surface area contributed by atoms with E-state index in [1.807, 2.05) is 61.5 Å². The average molecular weight is 427 g/mol. The van der Waals surface area contributed by atoms with Gasteiger partial charge >= 0.3 is 0 Å². The molecule has 4 rings (SSSR count). The standard InChI is InChI=1S/C27H30N4O/c1-19(15-16-20-11-7-5-8-12-20)29-26(32)22-18-28-24-17-23(27(2,3)4)30-31(24)25(22)21-13-9-6-10-14-21/h5-14,17-19H,15-16H2,1-4H3,(H,29,32). The molecule has 0 fully saturated rings. The molecule has 0 saturated carbocycles. The van der Waals surface area contributed by atoms with Gasteiger partial charge in [0.05, 0.1) is 17.0 Å². The van der Waals surface area contributed by atoms with Crippen LogP contribution in [0.2, 0.25) is 0 Å². The van der Waals surface area contributed by atoms with Gasteiger partial charge in [-0.05, 0) is 25.3 Å². The lowest BCUT2D eigenvalue weighted by Crippen LogP contribution is -2.33. The van der Waals surface area contributed by atoms with Crippen LogP contribution in [0.1, 0.15) is 55.7 Å². The number of aromatic nitrogens is 3. The van der Waals surface area contributed by atoms with E-state index in [0.29, 0.717) is 5.56 Å². The van der Waals surface area contributed by atoms with Gasteiger partial charge in [-0.15, -0.1) is 0 Å². The van der Waals surface area contributed by atoms with Crippen molar-refractivity contribution in [2.45, 2.75) is 52.0 Å². The molecule has 0 aliphatic carbocycles. The minimum absolute atomic E-state index is 0.0322. The Morgan fingerprint density at radius 2 is 1.69 bits per heavy atom. The Kier molecular flexibility index (Phi) is 6.08. The molecule has 0 aliphatic heterocycles. The van der Waals surface area contributed by atoms with Crippen molar-refractivity contribution >= 4 is 11.6 Å². The fourth-order valence-corrected chi connectivity index (χ4v) is 3.74. The Hall–Kier alpha value is -3.47. The number of carbonyl (C=O) groups excluding carboxylic acids is 1. The molecule has 1 N–H and O–H groups in total. The third kappa shape index (κ3) is 4.72. The Morgan fingerprint density at radius 1 is 1.03 bits per heavy atom. The van der Waals surface area contributed by atoms with Crippen molar-refractivity contribution in [1.82, 2.24) is 19.9 Å². The first-order valence-electron chi connectivity index (χ1n) is 11.1. The smallest absolute Gasteiger partial charge is 0.255 e. The van der Waals surface area contributed by atoms with E-state index >= 15 is 0 Å². The summed E-state index contributed by atoms with van der Waals surface area (Å²) in [5.41, 5.74) is 5.06. The summed E-state index contributed by atoms with van der Waals surface area (Å²) in [6, 6.07) is 22.3. The molecule has 2 aromatic heterocycles. The summed E-state index contributed by atoms with van der Waals surface area (Å²) in [7, 11) is 0. The maximum atomic E-state index is 13.3. The molecule has 0 aliphatic rings.